The van der Waals surface area contributed by atoms with Gasteiger partial charge in [0.05, 0.1) is 5.56 Å². The number of carbonyl (C=O) groups excluding carboxylic acids is 1. The van der Waals surface area contributed by atoms with Crippen molar-refractivity contribution in [2.24, 2.45) is 5.92 Å². The van der Waals surface area contributed by atoms with Crippen LogP contribution >= 0.6 is 0 Å². The first-order valence-electron chi connectivity index (χ1n) is 9.97. The van der Waals surface area contributed by atoms with Crippen LogP contribution < -0.4 is 5.69 Å². The molecule has 0 aliphatic carbocycles. The standard InChI is InChI=1S/C22H26N4O3/c1-14(2)13-26-22(28)25-11-10-24(21(27)18-12-15(3)29-16(18)4)19(20(25)23-26)17-8-6-5-7-9-17/h5-9,12,14,19H,10-11,13H2,1-4H3/t19-/m1/s1. The van der Waals surface area contributed by atoms with E-state index in [2.05, 4.69) is 18.9 Å². The van der Waals surface area contributed by atoms with Crippen molar-refractivity contribution < 1.29 is 9.21 Å². The van der Waals surface area contributed by atoms with Crippen molar-refractivity contribution in [3.8, 4) is 0 Å². The first kappa shape index (κ1) is 19.2. The molecule has 152 valence electrons. The summed E-state index contributed by atoms with van der Waals surface area (Å²) in [7, 11) is 0. The van der Waals surface area contributed by atoms with Crippen LogP contribution in [0.2, 0.25) is 0 Å². The lowest BCUT2D eigenvalue weighted by atomic mass is 10.0. The molecule has 3 heterocycles. The number of fused-ring (bicyclic) bond motifs is 1. The van der Waals surface area contributed by atoms with Gasteiger partial charge in [-0.2, -0.15) is 5.10 Å². The Balaban J connectivity index is 1.83. The molecule has 29 heavy (non-hydrogen) atoms. The quantitative estimate of drug-likeness (QED) is 0.681. The lowest BCUT2D eigenvalue weighted by Crippen LogP contribution is -2.44. The Morgan fingerprint density at radius 1 is 1.21 bits per heavy atom. The zero-order chi connectivity index (χ0) is 20.7. The number of nitrogens with zero attached hydrogens (tertiary/aromatic N) is 4. The maximum atomic E-state index is 13.4. The topological polar surface area (TPSA) is 73.3 Å². The number of furan rings is 1. The van der Waals surface area contributed by atoms with Crippen LogP contribution in [0.1, 0.15) is 53.2 Å². The van der Waals surface area contributed by atoms with Crippen molar-refractivity contribution >= 4 is 5.91 Å². The van der Waals surface area contributed by atoms with E-state index in [1.165, 1.54) is 4.68 Å². The molecule has 1 aliphatic heterocycles. The van der Waals surface area contributed by atoms with Gasteiger partial charge >= 0.3 is 5.69 Å². The van der Waals surface area contributed by atoms with E-state index in [1.54, 1.807) is 22.5 Å². The smallest absolute Gasteiger partial charge is 0.346 e. The van der Waals surface area contributed by atoms with Gasteiger partial charge in [0.15, 0.2) is 5.82 Å². The van der Waals surface area contributed by atoms with Crippen LogP contribution in [0.25, 0.3) is 0 Å². The Morgan fingerprint density at radius 2 is 1.93 bits per heavy atom. The van der Waals surface area contributed by atoms with Crippen LogP contribution in [0.15, 0.2) is 45.6 Å². The van der Waals surface area contributed by atoms with Crippen LogP contribution in [-0.2, 0) is 13.1 Å². The van der Waals surface area contributed by atoms with E-state index in [4.69, 9.17) is 4.42 Å². The summed E-state index contributed by atoms with van der Waals surface area (Å²) in [6.07, 6.45) is 0. The molecular formula is C22H26N4O3. The molecule has 0 unspecified atom stereocenters. The minimum absolute atomic E-state index is 0.106. The third-order valence-corrected chi connectivity index (χ3v) is 5.26. The molecule has 2 aromatic heterocycles. The van der Waals surface area contributed by atoms with E-state index in [-0.39, 0.29) is 11.6 Å². The van der Waals surface area contributed by atoms with Gasteiger partial charge < -0.3 is 9.32 Å². The van der Waals surface area contributed by atoms with Gasteiger partial charge in [0.1, 0.15) is 17.6 Å². The summed E-state index contributed by atoms with van der Waals surface area (Å²) in [5, 5.41) is 4.65. The van der Waals surface area contributed by atoms with E-state index in [0.717, 1.165) is 5.56 Å². The Hall–Kier alpha value is -3.09. The molecule has 1 amide bonds. The van der Waals surface area contributed by atoms with E-state index >= 15 is 0 Å². The Morgan fingerprint density at radius 3 is 2.55 bits per heavy atom. The molecule has 0 saturated heterocycles. The molecule has 0 fully saturated rings. The molecule has 3 aromatic rings. The average molecular weight is 394 g/mol. The van der Waals surface area contributed by atoms with Crippen LogP contribution in [0.5, 0.6) is 0 Å². The highest BCUT2D eigenvalue weighted by Crippen LogP contribution is 2.32. The summed E-state index contributed by atoms with van der Waals surface area (Å²) in [5.41, 5.74) is 1.37. The van der Waals surface area contributed by atoms with Gasteiger partial charge in [0, 0.05) is 19.6 Å². The Bertz CT molecular complexity index is 1090. The van der Waals surface area contributed by atoms with Gasteiger partial charge in [0.2, 0.25) is 0 Å². The van der Waals surface area contributed by atoms with Crippen molar-refractivity contribution in [1.82, 2.24) is 19.2 Å². The highest BCUT2D eigenvalue weighted by molar-refractivity contribution is 5.95. The average Bonchev–Trinajstić information content (AvgIpc) is 3.19. The van der Waals surface area contributed by atoms with Gasteiger partial charge in [0.25, 0.3) is 5.91 Å². The molecule has 1 atom stereocenters. The first-order valence-corrected chi connectivity index (χ1v) is 9.97. The molecule has 0 saturated carbocycles. The molecule has 0 radical (unpaired) electrons. The summed E-state index contributed by atoms with van der Waals surface area (Å²) in [5.74, 6) is 2.11. The van der Waals surface area contributed by atoms with Crippen LogP contribution in [0, 0.1) is 19.8 Å². The molecule has 1 aromatic carbocycles. The minimum Gasteiger partial charge on any atom is -0.466 e. The summed E-state index contributed by atoms with van der Waals surface area (Å²) >= 11 is 0. The van der Waals surface area contributed by atoms with Gasteiger partial charge in [-0.1, -0.05) is 44.2 Å². The zero-order valence-electron chi connectivity index (χ0n) is 17.3. The lowest BCUT2D eigenvalue weighted by Gasteiger charge is -2.35. The van der Waals surface area contributed by atoms with Gasteiger partial charge in [-0.25, -0.2) is 9.48 Å². The van der Waals surface area contributed by atoms with E-state index in [9.17, 15) is 9.59 Å². The minimum atomic E-state index is -0.423. The maximum absolute atomic E-state index is 13.4. The van der Waals surface area contributed by atoms with Crippen molar-refractivity contribution in [3.05, 3.63) is 75.4 Å². The number of carbonyl (C=O) groups is 1. The highest BCUT2D eigenvalue weighted by atomic mass is 16.3. The molecule has 1 aliphatic rings. The SMILES string of the molecule is Cc1cc(C(=O)N2CCn3c(nn(CC(C)C)c3=O)[C@H]2c2ccccc2)c(C)o1. The molecule has 0 spiro atoms. The third-order valence-electron chi connectivity index (χ3n) is 5.26. The zero-order valence-corrected chi connectivity index (χ0v) is 17.3. The second kappa shape index (κ2) is 7.39. The number of aryl methyl sites for hydroxylation is 2. The van der Waals surface area contributed by atoms with Crippen molar-refractivity contribution in [3.63, 3.8) is 0 Å². The van der Waals surface area contributed by atoms with Gasteiger partial charge in [-0.05, 0) is 31.4 Å². The number of benzene rings is 1. The summed E-state index contributed by atoms with van der Waals surface area (Å²) < 4.78 is 8.81. The number of hydrogen-bond donors (Lipinski definition) is 0. The molecule has 4 rings (SSSR count). The largest absolute Gasteiger partial charge is 0.466 e. The molecule has 0 bridgehead atoms. The molecule has 7 nitrogen and oxygen atoms in total. The molecular weight excluding hydrogens is 368 g/mol. The fourth-order valence-corrected chi connectivity index (χ4v) is 3.99. The predicted octanol–water partition coefficient (Wildman–Crippen LogP) is 3.16. The van der Waals surface area contributed by atoms with E-state index in [0.29, 0.717) is 48.5 Å². The summed E-state index contributed by atoms with van der Waals surface area (Å²) in [6, 6.07) is 11.1. The maximum Gasteiger partial charge on any atom is 0.346 e. The van der Waals surface area contributed by atoms with Crippen molar-refractivity contribution in [2.75, 3.05) is 6.54 Å². The number of hydrogen-bond acceptors (Lipinski definition) is 4. The predicted molar refractivity (Wildman–Crippen MR) is 109 cm³/mol. The van der Waals surface area contributed by atoms with Crippen LogP contribution in [0.4, 0.5) is 0 Å². The van der Waals surface area contributed by atoms with Gasteiger partial charge in [-0.3, -0.25) is 9.36 Å². The monoisotopic (exact) mass is 394 g/mol. The Kier molecular flexibility index (Phi) is 4.90. The second-order valence-electron chi connectivity index (χ2n) is 8.01. The third kappa shape index (κ3) is 3.41. The lowest BCUT2D eigenvalue weighted by molar-refractivity contribution is 0.0655. The van der Waals surface area contributed by atoms with Crippen molar-refractivity contribution in [2.45, 2.75) is 46.8 Å². The summed E-state index contributed by atoms with van der Waals surface area (Å²) in [4.78, 5) is 28.1. The van der Waals surface area contributed by atoms with E-state index in [1.807, 2.05) is 37.3 Å². The van der Waals surface area contributed by atoms with Crippen LogP contribution in [0.3, 0.4) is 0 Å². The summed E-state index contributed by atoms with van der Waals surface area (Å²) in [6.45, 7) is 9.15. The van der Waals surface area contributed by atoms with Crippen molar-refractivity contribution in [1.29, 1.82) is 0 Å². The normalized spacial score (nSPS) is 16.3. The Labute approximate surface area is 169 Å². The first-order chi connectivity index (χ1) is 13.9. The molecule has 7 heteroatoms. The fourth-order valence-electron chi connectivity index (χ4n) is 3.99. The second-order valence-corrected chi connectivity index (χ2v) is 8.01. The van der Waals surface area contributed by atoms with Crippen LogP contribution in [-0.4, -0.2) is 31.7 Å². The number of aromatic nitrogens is 3. The van der Waals surface area contributed by atoms with Gasteiger partial charge in [-0.15, -0.1) is 0 Å². The fraction of sp³-hybridized carbons (Fsp3) is 0.409. The highest BCUT2D eigenvalue weighted by Gasteiger charge is 2.37. The van der Waals surface area contributed by atoms with E-state index < -0.39 is 6.04 Å². The number of rotatable bonds is 4. The molecule has 0 N–H and O–H groups in total. The number of amides is 1.